The largest absolute Gasteiger partial charge is 0.478 e. The Bertz CT molecular complexity index is 544. The van der Waals surface area contributed by atoms with E-state index in [-0.39, 0.29) is 0 Å². The number of benzene rings is 1. The van der Waals surface area contributed by atoms with Crippen LogP contribution in [-0.2, 0) is 6.54 Å². The molecule has 100 valence electrons. The van der Waals surface area contributed by atoms with Gasteiger partial charge in [-0.25, -0.2) is 4.98 Å². The Labute approximate surface area is 113 Å². The van der Waals surface area contributed by atoms with E-state index in [0.717, 1.165) is 11.3 Å². The maximum absolute atomic E-state index is 5.75. The third kappa shape index (κ3) is 3.00. The summed E-state index contributed by atoms with van der Waals surface area (Å²) in [5, 5.41) is 0. The predicted octanol–water partition coefficient (Wildman–Crippen LogP) is 2.10. The lowest BCUT2D eigenvalue weighted by Crippen LogP contribution is -2.16. The highest BCUT2D eigenvalue weighted by atomic mass is 16.5. The topological polar surface area (TPSA) is 64.3 Å². The summed E-state index contributed by atoms with van der Waals surface area (Å²) in [6, 6.07) is 9.68. The summed E-state index contributed by atoms with van der Waals surface area (Å²) in [6.45, 7) is 2.99. The molecule has 1 heterocycles. The molecular weight excluding hydrogens is 240 g/mol. The van der Waals surface area contributed by atoms with Crippen molar-refractivity contribution in [2.24, 2.45) is 5.73 Å². The maximum atomic E-state index is 5.75. The molecule has 2 rings (SSSR count). The van der Waals surface area contributed by atoms with Crippen LogP contribution in [0, 0.1) is 0 Å². The van der Waals surface area contributed by atoms with Gasteiger partial charge in [0.05, 0.1) is 6.61 Å². The van der Waals surface area contributed by atoms with Crippen molar-refractivity contribution in [3.63, 3.8) is 0 Å². The Morgan fingerprint density at radius 1 is 1.26 bits per heavy atom. The first-order chi connectivity index (χ1) is 9.26. The molecule has 0 fully saturated rings. The van der Waals surface area contributed by atoms with Gasteiger partial charge in [0.2, 0.25) is 11.8 Å². The molecule has 19 heavy (non-hydrogen) atoms. The van der Waals surface area contributed by atoms with E-state index in [0.29, 0.717) is 25.0 Å². The van der Waals surface area contributed by atoms with Crippen LogP contribution in [0.5, 0.6) is 5.88 Å². The maximum Gasteiger partial charge on any atom is 0.232 e. The third-order valence-electron chi connectivity index (χ3n) is 2.78. The number of anilines is 2. The number of hydrogen-bond acceptors (Lipinski definition) is 5. The summed E-state index contributed by atoms with van der Waals surface area (Å²) in [7, 11) is 1.92. The van der Waals surface area contributed by atoms with Crippen LogP contribution in [-0.4, -0.2) is 23.6 Å². The fraction of sp³-hybridized carbons (Fsp3) is 0.286. The number of rotatable bonds is 5. The van der Waals surface area contributed by atoms with E-state index in [1.807, 2.05) is 43.1 Å². The van der Waals surface area contributed by atoms with Crippen LogP contribution >= 0.6 is 0 Å². The van der Waals surface area contributed by atoms with Crippen molar-refractivity contribution in [1.82, 2.24) is 9.97 Å². The van der Waals surface area contributed by atoms with Gasteiger partial charge in [-0.2, -0.15) is 4.98 Å². The number of hydrogen-bond donors (Lipinski definition) is 1. The second kappa shape index (κ2) is 6.15. The minimum atomic E-state index is 0.478. The Morgan fingerprint density at radius 3 is 2.79 bits per heavy atom. The highest BCUT2D eigenvalue weighted by Crippen LogP contribution is 2.24. The lowest BCUT2D eigenvalue weighted by Gasteiger charge is -2.20. The van der Waals surface area contributed by atoms with E-state index < -0.39 is 0 Å². The molecule has 0 saturated heterocycles. The molecule has 0 radical (unpaired) electrons. The molecule has 5 nitrogen and oxygen atoms in total. The minimum absolute atomic E-state index is 0.478. The summed E-state index contributed by atoms with van der Waals surface area (Å²) in [6.07, 6.45) is 1.69. The zero-order valence-electron chi connectivity index (χ0n) is 11.2. The molecule has 0 aliphatic carbocycles. The third-order valence-corrected chi connectivity index (χ3v) is 2.78. The minimum Gasteiger partial charge on any atom is -0.478 e. The number of aromatic nitrogens is 2. The monoisotopic (exact) mass is 258 g/mol. The smallest absolute Gasteiger partial charge is 0.232 e. The summed E-state index contributed by atoms with van der Waals surface area (Å²) in [5.74, 6) is 1.16. The predicted molar refractivity (Wildman–Crippen MR) is 75.6 cm³/mol. The van der Waals surface area contributed by atoms with Crippen molar-refractivity contribution >= 4 is 11.6 Å². The van der Waals surface area contributed by atoms with Crippen molar-refractivity contribution < 1.29 is 4.74 Å². The van der Waals surface area contributed by atoms with E-state index in [9.17, 15) is 0 Å². The summed E-state index contributed by atoms with van der Waals surface area (Å²) in [4.78, 5) is 10.5. The molecule has 0 spiro atoms. The van der Waals surface area contributed by atoms with Gasteiger partial charge in [-0.3, -0.25) is 0 Å². The molecule has 2 aromatic rings. The van der Waals surface area contributed by atoms with E-state index in [4.69, 9.17) is 10.5 Å². The van der Waals surface area contributed by atoms with E-state index in [1.165, 1.54) is 0 Å². The molecule has 0 aliphatic heterocycles. The SMILES string of the molecule is CCOc1ccnc(N(C)c2ccccc2CN)n1. The molecule has 0 saturated carbocycles. The highest BCUT2D eigenvalue weighted by Gasteiger charge is 2.11. The molecule has 0 amide bonds. The van der Waals surface area contributed by atoms with Crippen LogP contribution in [0.4, 0.5) is 11.6 Å². The first kappa shape index (κ1) is 13.3. The van der Waals surface area contributed by atoms with Crippen molar-refractivity contribution in [2.75, 3.05) is 18.6 Å². The van der Waals surface area contributed by atoms with Crippen LogP contribution in [0.15, 0.2) is 36.5 Å². The zero-order valence-corrected chi connectivity index (χ0v) is 11.2. The van der Waals surface area contributed by atoms with Crippen molar-refractivity contribution in [3.05, 3.63) is 42.1 Å². The van der Waals surface area contributed by atoms with Crippen LogP contribution in [0.1, 0.15) is 12.5 Å². The van der Waals surface area contributed by atoms with Crippen LogP contribution in [0.3, 0.4) is 0 Å². The molecule has 1 aromatic carbocycles. The Kier molecular flexibility index (Phi) is 4.30. The van der Waals surface area contributed by atoms with Crippen molar-refractivity contribution in [1.29, 1.82) is 0 Å². The normalized spacial score (nSPS) is 10.3. The second-order valence-electron chi connectivity index (χ2n) is 4.02. The van der Waals surface area contributed by atoms with Gasteiger partial charge >= 0.3 is 0 Å². The van der Waals surface area contributed by atoms with Crippen LogP contribution < -0.4 is 15.4 Å². The molecule has 0 bridgehead atoms. The van der Waals surface area contributed by atoms with Crippen LogP contribution in [0.25, 0.3) is 0 Å². The fourth-order valence-corrected chi connectivity index (χ4v) is 1.84. The molecule has 2 N–H and O–H groups in total. The first-order valence-corrected chi connectivity index (χ1v) is 6.23. The van der Waals surface area contributed by atoms with E-state index >= 15 is 0 Å². The Morgan fingerprint density at radius 2 is 2.05 bits per heavy atom. The van der Waals surface area contributed by atoms with Gasteiger partial charge < -0.3 is 15.4 Å². The summed E-state index contributed by atoms with van der Waals surface area (Å²) < 4.78 is 5.39. The van der Waals surface area contributed by atoms with Gasteiger partial charge in [-0.1, -0.05) is 18.2 Å². The van der Waals surface area contributed by atoms with Crippen molar-refractivity contribution in [2.45, 2.75) is 13.5 Å². The standard InChI is InChI=1S/C14H18N4O/c1-3-19-13-8-9-16-14(17-13)18(2)12-7-5-4-6-11(12)10-15/h4-9H,3,10,15H2,1-2H3. The second-order valence-corrected chi connectivity index (χ2v) is 4.02. The Balaban J connectivity index is 2.32. The van der Waals surface area contributed by atoms with Gasteiger partial charge in [-0.15, -0.1) is 0 Å². The number of ether oxygens (including phenoxy) is 1. The average Bonchev–Trinajstić information content (AvgIpc) is 2.47. The molecule has 0 unspecified atom stereocenters. The number of nitrogens with zero attached hydrogens (tertiary/aromatic N) is 3. The quantitative estimate of drug-likeness (QED) is 0.889. The van der Waals surface area contributed by atoms with Gasteiger partial charge in [0, 0.05) is 31.5 Å². The van der Waals surface area contributed by atoms with E-state index in [1.54, 1.807) is 12.3 Å². The van der Waals surface area contributed by atoms with Gasteiger partial charge in [-0.05, 0) is 18.6 Å². The molecule has 0 atom stereocenters. The lowest BCUT2D eigenvalue weighted by molar-refractivity contribution is 0.326. The number of para-hydroxylation sites is 1. The van der Waals surface area contributed by atoms with Gasteiger partial charge in [0.15, 0.2) is 0 Å². The zero-order chi connectivity index (χ0) is 13.7. The average molecular weight is 258 g/mol. The molecule has 5 heteroatoms. The van der Waals surface area contributed by atoms with Crippen LogP contribution in [0.2, 0.25) is 0 Å². The lowest BCUT2D eigenvalue weighted by atomic mass is 10.1. The summed E-state index contributed by atoms with van der Waals surface area (Å²) >= 11 is 0. The van der Waals surface area contributed by atoms with Gasteiger partial charge in [0.25, 0.3) is 0 Å². The highest BCUT2D eigenvalue weighted by molar-refractivity contribution is 5.61. The fourth-order valence-electron chi connectivity index (χ4n) is 1.84. The molecule has 1 aromatic heterocycles. The van der Waals surface area contributed by atoms with Crippen molar-refractivity contribution in [3.8, 4) is 5.88 Å². The molecular formula is C14H18N4O. The van der Waals surface area contributed by atoms with Gasteiger partial charge in [0.1, 0.15) is 0 Å². The van der Waals surface area contributed by atoms with E-state index in [2.05, 4.69) is 9.97 Å². The summed E-state index contributed by atoms with van der Waals surface area (Å²) in [5.41, 5.74) is 7.80. The number of nitrogens with two attached hydrogens (primary N) is 1. The molecule has 0 aliphatic rings. The Hall–Kier alpha value is -2.14. The first-order valence-electron chi connectivity index (χ1n) is 6.23.